The van der Waals surface area contributed by atoms with Gasteiger partial charge in [-0.2, -0.15) is 0 Å². The topological polar surface area (TPSA) is 47.3 Å². The van der Waals surface area contributed by atoms with Crippen LogP contribution in [-0.2, 0) is 11.2 Å². The van der Waals surface area contributed by atoms with Crippen LogP contribution in [0.5, 0.6) is 0 Å². The van der Waals surface area contributed by atoms with Crippen molar-refractivity contribution in [2.24, 2.45) is 5.84 Å². The molecule has 0 aliphatic carbocycles. The van der Waals surface area contributed by atoms with Gasteiger partial charge in [-0.3, -0.25) is 5.84 Å². The van der Waals surface area contributed by atoms with E-state index in [1.807, 2.05) is 6.07 Å². The largest absolute Gasteiger partial charge is 0.497 e. The molecule has 3 N–H and O–H groups in total. The number of rotatable bonds is 5. The molecule has 3 heteroatoms. The molecule has 0 aromatic heterocycles. The van der Waals surface area contributed by atoms with Gasteiger partial charge in [-0.15, -0.1) is 0 Å². The molecule has 1 heterocycles. The smallest absolute Gasteiger partial charge is 0.110 e. The first-order valence-electron chi connectivity index (χ1n) is 6.23. The Morgan fingerprint density at radius 1 is 1.29 bits per heavy atom. The molecule has 0 saturated carbocycles. The van der Waals surface area contributed by atoms with Crippen molar-refractivity contribution in [3.05, 3.63) is 47.7 Å². The second-order valence-electron chi connectivity index (χ2n) is 4.34. The highest BCUT2D eigenvalue weighted by Gasteiger charge is 2.16. The highest BCUT2D eigenvalue weighted by Crippen LogP contribution is 2.17. The summed E-state index contributed by atoms with van der Waals surface area (Å²) in [4.78, 5) is 0. The fraction of sp³-hybridized carbons (Fsp3) is 0.429. The predicted octanol–water partition coefficient (Wildman–Crippen LogP) is 2.15. The second kappa shape index (κ2) is 6.42. The molecule has 3 nitrogen and oxygen atoms in total. The van der Waals surface area contributed by atoms with E-state index in [9.17, 15) is 0 Å². The van der Waals surface area contributed by atoms with Crippen molar-refractivity contribution in [3.63, 3.8) is 0 Å². The molecular weight excluding hydrogens is 212 g/mol. The van der Waals surface area contributed by atoms with Gasteiger partial charge in [-0.05, 0) is 37.3 Å². The summed E-state index contributed by atoms with van der Waals surface area (Å²) in [6, 6.07) is 10.6. The van der Waals surface area contributed by atoms with Crippen molar-refractivity contribution in [1.29, 1.82) is 0 Å². The summed E-state index contributed by atoms with van der Waals surface area (Å²) in [5.41, 5.74) is 4.19. The first-order chi connectivity index (χ1) is 8.40. The minimum atomic E-state index is 0.135. The van der Waals surface area contributed by atoms with Gasteiger partial charge in [-0.1, -0.05) is 30.3 Å². The van der Waals surface area contributed by atoms with E-state index in [1.54, 1.807) is 0 Å². The van der Waals surface area contributed by atoms with E-state index in [1.165, 1.54) is 5.56 Å². The van der Waals surface area contributed by atoms with E-state index in [4.69, 9.17) is 10.6 Å². The number of hydrogen-bond acceptors (Lipinski definition) is 3. The zero-order valence-corrected chi connectivity index (χ0v) is 10.1. The third-order valence-electron chi connectivity index (χ3n) is 3.07. The summed E-state index contributed by atoms with van der Waals surface area (Å²) in [6.07, 6.45) is 6.33. The van der Waals surface area contributed by atoms with Gasteiger partial charge in [0.25, 0.3) is 0 Å². The summed E-state index contributed by atoms with van der Waals surface area (Å²) >= 11 is 0. The Labute approximate surface area is 103 Å². The number of hydrazine groups is 1. The van der Waals surface area contributed by atoms with Crippen molar-refractivity contribution in [2.45, 2.75) is 31.7 Å². The number of hydrogen-bond donors (Lipinski definition) is 2. The molecule has 1 aliphatic rings. The van der Waals surface area contributed by atoms with Gasteiger partial charge < -0.3 is 4.74 Å². The van der Waals surface area contributed by atoms with Crippen LogP contribution in [0.1, 0.15) is 24.8 Å². The number of benzene rings is 1. The Morgan fingerprint density at radius 2 is 2.12 bits per heavy atom. The summed E-state index contributed by atoms with van der Waals surface area (Å²) < 4.78 is 5.64. The molecule has 0 bridgehead atoms. The summed E-state index contributed by atoms with van der Waals surface area (Å²) in [5, 5.41) is 0. The molecule has 0 fully saturated rings. The van der Waals surface area contributed by atoms with Gasteiger partial charge in [0, 0.05) is 0 Å². The van der Waals surface area contributed by atoms with Crippen molar-refractivity contribution >= 4 is 0 Å². The predicted molar refractivity (Wildman–Crippen MR) is 69.1 cm³/mol. The number of aryl methyl sites for hydroxylation is 1. The van der Waals surface area contributed by atoms with Gasteiger partial charge in [0.15, 0.2) is 0 Å². The van der Waals surface area contributed by atoms with E-state index < -0.39 is 0 Å². The maximum Gasteiger partial charge on any atom is 0.110 e. The molecule has 92 valence electrons. The summed E-state index contributed by atoms with van der Waals surface area (Å²) in [5.74, 6) is 6.61. The van der Waals surface area contributed by atoms with Crippen LogP contribution in [0.15, 0.2) is 42.2 Å². The fourth-order valence-electron chi connectivity index (χ4n) is 2.08. The average Bonchev–Trinajstić information content (AvgIpc) is 2.42. The van der Waals surface area contributed by atoms with E-state index in [2.05, 4.69) is 35.8 Å². The van der Waals surface area contributed by atoms with Gasteiger partial charge in [0.2, 0.25) is 0 Å². The van der Waals surface area contributed by atoms with Crippen LogP contribution in [-0.4, -0.2) is 12.6 Å². The van der Waals surface area contributed by atoms with Crippen LogP contribution in [0.25, 0.3) is 0 Å². The Hall–Kier alpha value is -1.32. The number of nitrogens with one attached hydrogen (secondary N) is 1. The SMILES string of the molecule is NNC(CCc1ccccc1)C1=CCCCO1. The summed E-state index contributed by atoms with van der Waals surface area (Å²) in [6.45, 7) is 0.815. The second-order valence-corrected chi connectivity index (χ2v) is 4.34. The number of allylic oxidation sites excluding steroid dienone is 1. The zero-order valence-electron chi connectivity index (χ0n) is 10.1. The molecule has 0 saturated heterocycles. The van der Waals surface area contributed by atoms with Crippen molar-refractivity contribution in [3.8, 4) is 0 Å². The molecule has 2 rings (SSSR count). The fourth-order valence-corrected chi connectivity index (χ4v) is 2.08. The number of ether oxygens (including phenoxy) is 1. The molecule has 1 aromatic carbocycles. The first-order valence-corrected chi connectivity index (χ1v) is 6.23. The van der Waals surface area contributed by atoms with Crippen LogP contribution in [0, 0.1) is 0 Å². The minimum absolute atomic E-state index is 0.135. The molecule has 1 atom stereocenters. The molecule has 1 aliphatic heterocycles. The highest BCUT2D eigenvalue weighted by molar-refractivity contribution is 5.16. The van der Waals surface area contributed by atoms with Crippen LogP contribution < -0.4 is 11.3 Å². The molecule has 17 heavy (non-hydrogen) atoms. The van der Waals surface area contributed by atoms with Gasteiger partial charge in [-0.25, -0.2) is 5.43 Å². The average molecular weight is 232 g/mol. The Morgan fingerprint density at radius 3 is 2.76 bits per heavy atom. The first kappa shape index (κ1) is 12.1. The lowest BCUT2D eigenvalue weighted by Crippen LogP contribution is -2.38. The zero-order chi connectivity index (χ0) is 11.9. The van der Waals surface area contributed by atoms with E-state index >= 15 is 0 Å². The quantitative estimate of drug-likeness (QED) is 0.604. The third-order valence-corrected chi connectivity index (χ3v) is 3.07. The highest BCUT2D eigenvalue weighted by atomic mass is 16.5. The third kappa shape index (κ3) is 3.58. The molecular formula is C14H20N2O. The van der Waals surface area contributed by atoms with Crippen LogP contribution in [0.4, 0.5) is 0 Å². The van der Waals surface area contributed by atoms with Gasteiger partial charge in [0.1, 0.15) is 5.76 Å². The Kier molecular flexibility index (Phi) is 4.59. The standard InChI is InChI=1S/C14H20N2O/c15-16-13(14-8-4-5-11-17-14)10-9-12-6-2-1-3-7-12/h1-3,6-8,13,16H,4-5,9-11,15H2. The van der Waals surface area contributed by atoms with Crippen LogP contribution in [0.3, 0.4) is 0 Å². The lowest BCUT2D eigenvalue weighted by Gasteiger charge is -2.23. The monoisotopic (exact) mass is 232 g/mol. The number of nitrogens with two attached hydrogens (primary N) is 1. The lowest BCUT2D eigenvalue weighted by atomic mass is 10.0. The summed E-state index contributed by atoms with van der Waals surface area (Å²) in [7, 11) is 0. The van der Waals surface area contributed by atoms with Crippen LogP contribution >= 0.6 is 0 Å². The molecule has 0 spiro atoms. The maximum absolute atomic E-state index is 5.64. The minimum Gasteiger partial charge on any atom is -0.497 e. The molecule has 0 amide bonds. The van der Waals surface area contributed by atoms with E-state index in [-0.39, 0.29) is 6.04 Å². The molecule has 1 aromatic rings. The van der Waals surface area contributed by atoms with Crippen LogP contribution in [0.2, 0.25) is 0 Å². The lowest BCUT2D eigenvalue weighted by molar-refractivity contribution is 0.165. The maximum atomic E-state index is 5.64. The van der Waals surface area contributed by atoms with E-state index in [0.717, 1.165) is 38.0 Å². The van der Waals surface area contributed by atoms with Crippen molar-refractivity contribution < 1.29 is 4.74 Å². The Bertz CT molecular complexity index is 362. The molecule has 1 unspecified atom stereocenters. The van der Waals surface area contributed by atoms with Gasteiger partial charge >= 0.3 is 0 Å². The van der Waals surface area contributed by atoms with E-state index in [0.29, 0.717) is 0 Å². The normalized spacial score (nSPS) is 17.1. The Balaban J connectivity index is 1.89. The van der Waals surface area contributed by atoms with Crippen molar-refractivity contribution in [1.82, 2.24) is 5.43 Å². The van der Waals surface area contributed by atoms with Gasteiger partial charge in [0.05, 0.1) is 12.6 Å². The molecule has 0 radical (unpaired) electrons. The van der Waals surface area contributed by atoms with Crippen molar-refractivity contribution in [2.75, 3.05) is 6.61 Å².